The third-order valence-electron chi connectivity index (χ3n) is 5.93. The molecule has 3 aromatic rings. The number of anilines is 1. The first-order chi connectivity index (χ1) is 18.5. The molecule has 204 valence electrons. The summed E-state index contributed by atoms with van der Waals surface area (Å²) < 4.78 is 16.4. The van der Waals surface area contributed by atoms with Crippen LogP contribution in [0.15, 0.2) is 60.0 Å². The first-order valence-corrected chi connectivity index (χ1v) is 13.7. The molecule has 9 heteroatoms. The minimum Gasteiger partial charge on any atom is -0.493 e. The van der Waals surface area contributed by atoms with Crippen LogP contribution in [0.5, 0.6) is 17.2 Å². The summed E-state index contributed by atoms with van der Waals surface area (Å²) in [5, 5.41) is 4.92. The van der Waals surface area contributed by atoms with E-state index in [1.807, 2.05) is 72.7 Å². The number of urea groups is 1. The summed E-state index contributed by atoms with van der Waals surface area (Å²) in [7, 11) is 3.21. The molecule has 0 bridgehead atoms. The highest BCUT2D eigenvalue weighted by atomic mass is 32.1. The molecule has 0 aliphatic rings. The van der Waals surface area contributed by atoms with Crippen molar-refractivity contribution in [3.63, 3.8) is 0 Å². The van der Waals surface area contributed by atoms with Gasteiger partial charge < -0.3 is 29.3 Å². The van der Waals surface area contributed by atoms with Crippen molar-refractivity contribution in [3.05, 3.63) is 70.4 Å². The number of carbonyl (C=O) groups excluding carboxylic acids is 2. The van der Waals surface area contributed by atoms with Gasteiger partial charge in [0.1, 0.15) is 12.3 Å². The Kier molecular flexibility index (Phi) is 11.3. The lowest BCUT2D eigenvalue weighted by Crippen LogP contribution is -2.45. The van der Waals surface area contributed by atoms with Gasteiger partial charge in [-0.1, -0.05) is 31.2 Å². The number of hydrogen-bond donors (Lipinski definition) is 1. The highest BCUT2D eigenvalue weighted by Gasteiger charge is 2.22. The minimum absolute atomic E-state index is 0.0201. The van der Waals surface area contributed by atoms with Gasteiger partial charge in [-0.25, -0.2) is 4.79 Å². The molecule has 3 amide bonds. The molecule has 0 radical (unpaired) electrons. The maximum Gasteiger partial charge on any atom is 0.322 e. The largest absolute Gasteiger partial charge is 0.493 e. The summed E-state index contributed by atoms with van der Waals surface area (Å²) in [6.45, 7) is 5.79. The fraction of sp³-hybridized carbons (Fsp3) is 0.379. The van der Waals surface area contributed by atoms with E-state index in [2.05, 4.69) is 5.32 Å². The van der Waals surface area contributed by atoms with Crippen LogP contribution in [0.2, 0.25) is 0 Å². The average molecular weight is 540 g/mol. The molecular formula is C29H37N3O5S. The summed E-state index contributed by atoms with van der Waals surface area (Å²) in [6.07, 6.45) is 1.36. The third-order valence-corrected chi connectivity index (χ3v) is 6.79. The molecule has 0 saturated carbocycles. The number of amides is 3. The lowest BCUT2D eigenvalue weighted by atomic mass is 10.1. The van der Waals surface area contributed by atoms with Crippen LogP contribution in [0.4, 0.5) is 10.5 Å². The van der Waals surface area contributed by atoms with Gasteiger partial charge in [-0.3, -0.25) is 4.79 Å². The smallest absolute Gasteiger partial charge is 0.322 e. The van der Waals surface area contributed by atoms with Crippen molar-refractivity contribution in [2.75, 3.05) is 45.8 Å². The number of carbonyl (C=O) groups is 2. The van der Waals surface area contributed by atoms with Gasteiger partial charge in [0.25, 0.3) is 0 Å². The third kappa shape index (κ3) is 8.14. The lowest BCUT2D eigenvalue weighted by Gasteiger charge is -2.28. The van der Waals surface area contributed by atoms with E-state index in [0.717, 1.165) is 16.9 Å². The second-order valence-corrected chi connectivity index (χ2v) is 9.65. The van der Waals surface area contributed by atoms with E-state index >= 15 is 0 Å². The Balaban J connectivity index is 1.73. The highest BCUT2D eigenvalue weighted by molar-refractivity contribution is 7.09. The monoisotopic (exact) mass is 539 g/mol. The Morgan fingerprint density at radius 1 is 0.895 bits per heavy atom. The molecule has 0 aliphatic carbocycles. The van der Waals surface area contributed by atoms with Gasteiger partial charge in [-0.15, -0.1) is 11.3 Å². The van der Waals surface area contributed by atoms with Gasteiger partial charge in [-0.05, 0) is 61.0 Å². The molecule has 2 aromatic carbocycles. The van der Waals surface area contributed by atoms with Gasteiger partial charge in [0, 0.05) is 18.0 Å². The number of hydrogen-bond acceptors (Lipinski definition) is 6. The maximum atomic E-state index is 13.6. The van der Waals surface area contributed by atoms with Crippen LogP contribution in [-0.2, 0) is 17.8 Å². The molecule has 3 rings (SSSR count). The van der Waals surface area contributed by atoms with Crippen LogP contribution in [0.25, 0.3) is 0 Å². The summed E-state index contributed by atoms with van der Waals surface area (Å²) in [6, 6.07) is 16.7. The molecule has 0 aliphatic heterocycles. The van der Waals surface area contributed by atoms with Gasteiger partial charge in [0.2, 0.25) is 5.91 Å². The van der Waals surface area contributed by atoms with E-state index in [-0.39, 0.29) is 18.5 Å². The standard InChI is InChI=1S/C29H37N3O5S/c1-5-16-32(29(34)30-24-11-7-8-12-25(24)37-6-2)21-28(33)31(20-23-10-9-18-38-23)17-15-22-13-14-26(35-3)27(19-22)36-4/h7-14,18-19H,5-6,15-17,20-21H2,1-4H3,(H,30,34). The number of methoxy groups -OCH3 is 2. The van der Waals surface area contributed by atoms with Gasteiger partial charge in [0.15, 0.2) is 11.5 Å². The zero-order chi connectivity index (χ0) is 27.3. The molecule has 0 atom stereocenters. The molecule has 0 fully saturated rings. The molecule has 0 unspecified atom stereocenters. The van der Waals surface area contributed by atoms with Crippen LogP contribution in [0.3, 0.4) is 0 Å². The van der Waals surface area contributed by atoms with E-state index in [1.165, 1.54) is 0 Å². The molecule has 8 nitrogen and oxygen atoms in total. The van der Waals surface area contributed by atoms with E-state index in [9.17, 15) is 9.59 Å². The van der Waals surface area contributed by atoms with Gasteiger partial charge in [-0.2, -0.15) is 0 Å². The molecule has 1 aromatic heterocycles. The zero-order valence-corrected chi connectivity index (χ0v) is 23.4. The van der Waals surface area contributed by atoms with Crippen molar-refractivity contribution in [2.45, 2.75) is 33.2 Å². The summed E-state index contributed by atoms with van der Waals surface area (Å²) in [5.41, 5.74) is 1.61. The van der Waals surface area contributed by atoms with E-state index in [1.54, 1.807) is 36.5 Å². The average Bonchev–Trinajstić information content (AvgIpc) is 3.45. The molecule has 38 heavy (non-hydrogen) atoms. The molecule has 1 heterocycles. The maximum absolute atomic E-state index is 13.6. The second-order valence-electron chi connectivity index (χ2n) is 8.61. The number of rotatable bonds is 14. The Morgan fingerprint density at radius 3 is 2.37 bits per heavy atom. The van der Waals surface area contributed by atoms with Crippen molar-refractivity contribution >= 4 is 29.0 Å². The number of ether oxygens (including phenoxy) is 3. The predicted octanol–water partition coefficient (Wildman–Crippen LogP) is 5.68. The Hall–Kier alpha value is -3.72. The van der Waals surface area contributed by atoms with Crippen molar-refractivity contribution in [2.24, 2.45) is 0 Å². The Morgan fingerprint density at radius 2 is 1.68 bits per heavy atom. The number of nitrogens with one attached hydrogen (secondary N) is 1. The Bertz CT molecular complexity index is 1170. The molecule has 0 spiro atoms. The van der Waals surface area contributed by atoms with Crippen molar-refractivity contribution in [3.8, 4) is 17.2 Å². The van der Waals surface area contributed by atoms with Gasteiger partial charge in [0.05, 0.1) is 33.1 Å². The number of benzene rings is 2. The van der Waals surface area contributed by atoms with Crippen LogP contribution >= 0.6 is 11.3 Å². The molecular weight excluding hydrogens is 502 g/mol. The van der Waals surface area contributed by atoms with E-state index in [0.29, 0.717) is 55.6 Å². The fourth-order valence-corrected chi connectivity index (χ4v) is 4.73. The number of thiophene rings is 1. The summed E-state index contributed by atoms with van der Waals surface area (Å²) in [5.74, 6) is 1.80. The van der Waals surface area contributed by atoms with E-state index in [4.69, 9.17) is 14.2 Å². The topological polar surface area (TPSA) is 80.3 Å². The first-order valence-electron chi connectivity index (χ1n) is 12.8. The van der Waals surface area contributed by atoms with Crippen LogP contribution in [-0.4, -0.2) is 62.2 Å². The number of nitrogens with zero attached hydrogens (tertiary/aromatic N) is 2. The van der Waals surface area contributed by atoms with Crippen molar-refractivity contribution < 1.29 is 23.8 Å². The zero-order valence-electron chi connectivity index (χ0n) is 22.6. The summed E-state index contributed by atoms with van der Waals surface area (Å²) in [4.78, 5) is 31.2. The van der Waals surface area contributed by atoms with Gasteiger partial charge >= 0.3 is 6.03 Å². The van der Waals surface area contributed by atoms with Crippen LogP contribution < -0.4 is 19.5 Å². The quantitative estimate of drug-likeness (QED) is 0.285. The summed E-state index contributed by atoms with van der Waals surface area (Å²) >= 11 is 1.61. The van der Waals surface area contributed by atoms with Crippen LogP contribution in [0.1, 0.15) is 30.7 Å². The molecule has 0 saturated heterocycles. The molecule has 1 N–H and O–H groups in total. The number of para-hydroxylation sites is 2. The van der Waals surface area contributed by atoms with Crippen LogP contribution in [0, 0.1) is 0 Å². The first kappa shape index (κ1) is 28.8. The minimum atomic E-state index is -0.330. The SMILES string of the molecule is CCCN(CC(=O)N(CCc1ccc(OC)c(OC)c1)Cc1cccs1)C(=O)Nc1ccccc1OCC. The fourth-order valence-electron chi connectivity index (χ4n) is 4.01. The van der Waals surface area contributed by atoms with E-state index < -0.39 is 0 Å². The van der Waals surface area contributed by atoms with Crippen molar-refractivity contribution in [1.29, 1.82) is 0 Å². The Labute approximate surface area is 229 Å². The second kappa shape index (κ2) is 14.9. The normalized spacial score (nSPS) is 10.5. The van der Waals surface area contributed by atoms with Crippen molar-refractivity contribution in [1.82, 2.24) is 9.80 Å². The predicted molar refractivity (Wildman–Crippen MR) is 151 cm³/mol. The lowest BCUT2D eigenvalue weighted by molar-refractivity contribution is -0.132. The highest BCUT2D eigenvalue weighted by Crippen LogP contribution is 2.28.